The van der Waals surface area contributed by atoms with E-state index in [2.05, 4.69) is 52.8 Å². The van der Waals surface area contributed by atoms with E-state index >= 15 is 0 Å². The molecule has 0 unspecified atom stereocenters. The van der Waals surface area contributed by atoms with E-state index in [9.17, 15) is 5.11 Å². The molecule has 0 aromatic carbocycles. The van der Waals surface area contributed by atoms with E-state index in [4.69, 9.17) is 0 Å². The van der Waals surface area contributed by atoms with Crippen LogP contribution in [0.3, 0.4) is 0 Å². The van der Waals surface area contributed by atoms with Gasteiger partial charge in [0.15, 0.2) is 0 Å². The first-order valence-corrected chi connectivity index (χ1v) is 11.8. The molecule has 1 heteroatoms. The standard InChI is InChI=1S/C26H42O/c1-17(2)6-7-18(3)22-10-11-23-21-9-8-19-16-20(27)12-14-25(19,4)24(21)13-15-26(22,23)5/h6-8,17-18,20-24,27H,9-16H2,1-5H3/t18-,20-,21+,22+,23+,24+,25-,26+/m0/s1. The molecule has 0 saturated heterocycles. The van der Waals surface area contributed by atoms with Crippen LogP contribution in [0, 0.1) is 46.3 Å². The molecule has 3 fully saturated rings. The largest absolute Gasteiger partial charge is 0.393 e. The first kappa shape index (κ1) is 19.7. The highest BCUT2D eigenvalue weighted by Crippen LogP contribution is 2.67. The Labute approximate surface area is 167 Å². The first-order valence-electron chi connectivity index (χ1n) is 11.8. The average Bonchev–Trinajstić information content (AvgIpc) is 2.97. The molecule has 3 saturated carbocycles. The Hall–Kier alpha value is -0.560. The molecular weight excluding hydrogens is 328 g/mol. The molecule has 0 radical (unpaired) electrons. The molecule has 0 amide bonds. The number of rotatable bonds is 3. The van der Waals surface area contributed by atoms with Crippen LogP contribution >= 0.6 is 0 Å². The number of aliphatic hydroxyl groups excluding tert-OH is 1. The van der Waals surface area contributed by atoms with Gasteiger partial charge in [0, 0.05) is 0 Å². The summed E-state index contributed by atoms with van der Waals surface area (Å²) in [6, 6.07) is 0. The highest BCUT2D eigenvalue weighted by Gasteiger charge is 2.58. The second kappa shape index (κ2) is 7.05. The van der Waals surface area contributed by atoms with Gasteiger partial charge in [0.2, 0.25) is 0 Å². The summed E-state index contributed by atoms with van der Waals surface area (Å²) in [6.45, 7) is 12.3. The lowest BCUT2D eigenvalue weighted by Crippen LogP contribution is -2.50. The summed E-state index contributed by atoms with van der Waals surface area (Å²) in [5.41, 5.74) is 2.52. The van der Waals surface area contributed by atoms with Gasteiger partial charge in [-0.15, -0.1) is 0 Å². The molecule has 0 aromatic heterocycles. The normalized spacial score (nSPS) is 48.1. The number of aliphatic hydroxyl groups is 1. The number of hydrogen-bond donors (Lipinski definition) is 1. The van der Waals surface area contributed by atoms with Crippen molar-refractivity contribution in [1.29, 1.82) is 0 Å². The summed E-state index contributed by atoms with van der Waals surface area (Å²) < 4.78 is 0. The smallest absolute Gasteiger partial charge is 0.0577 e. The predicted molar refractivity (Wildman–Crippen MR) is 114 cm³/mol. The third-order valence-corrected chi connectivity index (χ3v) is 9.59. The zero-order chi connectivity index (χ0) is 19.4. The van der Waals surface area contributed by atoms with E-state index in [1.165, 1.54) is 38.5 Å². The van der Waals surface area contributed by atoms with Crippen LogP contribution in [0.25, 0.3) is 0 Å². The SMILES string of the molecule is CC(C)C=C[C@H](C)[C@H]1CC[C@@H]2[C@H]3CC=C4C[C@@H](O)CC[C@]4(C)[C@@H]3CC[C@@]21C. The van der Waals surface area contributed by atoms with Crippen LogP contribution in [0.1, 0.15) is 86.0 Å². The lowest BCUT2D eigenvalue weighted by atomic mass is 9.47. The molecular formula is C26H42O. The molecule has 0 aromatic rings. The Kier molecular flexibility index (Phi) is 5.15. The van der Waals surface area contributed by atoms with Gasteiger partial charge in [-0.2, -0.15) is 0 Å². The molecule has 27 heavy (non-hydrogen) atoms. The van der Waals surface area contributed by atoms with Crippen LogP contribution in [0.5, 0.6) is 0 Å². The number of allylic oxidation sites excluding steroid dienone is 3. The van der Waals surface area contributed by atoms with Crippen molar-refractivity contribution < 1.29 is 5.11 Å². The fourth-order valence-corrected chi connectivity index (χ4v) is 8.08. The van der Waals surface area contributed by atoms with Crippen molar-refractivity contribution in [3.63, 3.8) is 0 Å². The van der Waals surface area contributed by atoms with Crippen LogP contribution < -0.4 is 0 Å². The van der Waals surface area contributed by atoms with Crippen molar-refractivity contribution >= 4 is 0 Å². The molecule has 0 bridgehead atoms. The second-order valence-electron chi connectivity index (χ2n) is 11.4. The Morgan fingerprint density at radius 1 is 1.00 bits per heavy atom. The van der Waals surface area contributed by atoms with Gasteiger partial charge < -0.3 is 5.11 Å². The fourth-order valence-electron chi connectivity index (χ4n) is 8.08. The highest BCUT2D eigenvalue weighted by atomic mass is 16.3. The monoisotopic (exact) mass is 370 g/mol. The van der Waals surface area contributed by atoms with E-state index < -0.39 is 0 Å². The van der Waals surface area contributed by atoms with Gasteiger partial charge in [0.25, 0.3) is 0 Å². The number of hydrogen-bond acceptors (Lipinski definition) is 1. The minimum absolute atomic E-state index is 0.0841. The highest BCUT2D eigenvalue weighted by molar-refractivity contribution is 5.25. The average molecular weight is 371 g/mol. The van der Waals surface area contributed by atoms with Gasteiger partial charge in [-0.25, -0.2) is 0 Å². The Balaban J connectivity index is 1.57. The zero-order valence-electron chi connectivity index (χ0n) is 18.4. The second-order valence-corrected chi connectivity index (χ2v) is 11.4. The van der Waals surface area contributed by atoms with Gasteiger partial charge in [0.1, 0.15) is 0 Å². The first-order chi connectivity index (χ1) is 12.8. The van der Waals surface area contributed by atoms with Crippen LogP contribution in [0.4, 0.5) is 0 Å². The van der Waals surface area contributed by atoms with Gasteiger partial charge in [-0.3, -0.25) is 0 Å². The summed E-state index contributed by atoms with van der Waals surface area (Å²) >= 11 is 0. The summed E-state index contributed by atoms with van der Waals surface area (Å²) in [7, 11) is 0. The number of fused-ring (bicyclic) bond motifs is 5. The van der Waals surface area contributed by atoms with E-state index in [1.54, 1.807) is 5.57 Å². The topological polar surface area (TPSA) is 20.2 Å². The molecule has 152 valence electrons. The predicted octanol–water partition coefficient (Wildman–Crippen LogP) is 6.77. The zero-order valence-corrected chi connectivity index (χ0v) is 18.4. The van der Waals surface area contributed by atoms with Crippen molar-refractivity contribution in [3.05, 3.63) is 23.8 Å². The lowest BCUT2D eigenvalue weighted by molar-refractivity contribution is -0.0540. The van der Waals surface area contributed by atoms with E-state index in [0.717, 1.165) is 36.5 Å². The van der Waals surface area contributed by atoms with Crippen LogP contribution in [-0.2, 0) is 0 Å². The van der Waals surface area contributed by atoms with Gasteiger partial charge in [0.05, 0.1) is 6.10 Å². The van der Waals surface area contributed by atoms with Crippen molar-refractivity contribution in [1.82, 2.24) is 0 Å². The van der Waals surface area contributed by atoms with Gasteiger partial charge in [-0.1, -0.05) is 58.4 Å². The summed E-state index contributed by atoms with van der Waals surface area (Å²) in [4.78, 5) is 0. The summed E-state index contributed by atoms with van der Waals surface area (Å²) in [5, 5.41) is 10.2. The molecule has 8 atom stereocenters. The van der Waals surface area contributed by atoms with Crippen molar-refractivity contribution in [2.75, 3.05) is 0 Å². The Morgan fingerprint density at radius 2 is 1.78 bits per heavy atom. The molecule has 1 nitrogen and oxygen atoms in total. The van der Waals surface area contributed by atoms with E-state index in [0.29, 0.717) is 22.7 Å². The maximum atomic E-state index is 10.2. The van der Waals surface area contributed by atoms with Crippen LogP contribution in [0.2, 0.25) is 0 Å². The molecule has 0 spiro atoms. The minimum Gasteiger partial charge on any atom is -0.393 e. The van der Waals surface area contributed by atoms with Crippen LogP contribution in [0.15, 0.2) is 23.8 Å². The fraction of sp³-hybridized carbons (Fsp3) is 0.846. The molecule has 0 heterocycles. The summed E-state index contributed by atoms with van der Waals surface area (Å²) in [6.07, 6.45) is 17.6. The van der Waals surface area contributed by atoms with Gasteiger partial charge >= 0.3 is 0 Å². The van der Waals surface area contributed by atoms with Crippen molar-refractivity contribution in [3.8, 4) is 0 Å². The molecule has 1 N–H and O–H groups in total. The maximum absolute atomic E-state index is 10.2. The van der Waals surface area contributed by atoms with E-state index in [1.807, 2.05) is 0 Å². The van der Waals surface area contributed by atoms with E-state index in [-0.39, 0.29) is 6.10 Å². The van der Waals surface area contributed by atoms with Gasteiger partial charge in [-0.05, 0) is 97.7 Å². The Bertz CT molecular complexity index is 616. The third-order valence-electron chi connectivity index (χ3n) is 9.59. The molecule has 0 aliphatic heterocycles. The molecule has 4 aliphatic rings. The quantitative estimate of drug-likeness (QED) is 0.543. The molecule has 4 rings (SSSR count). The summed E-state index contributed by atoms with van der Waals surface area (Å²) in [5.74, 6) is 4.91. The van der Waals surface area contributed by atoms with Crippen LogP contribution in [-0.4, -0.2) is 11.2 Å². The third kappa shape index (κ3) is 3.17. The Morgan fingerprint density at radius 3 is 2.52 bits per heavy atom. The maximum Gasteiger partial charge on any atom is 0.0577 e. The van der Waals surface area contributed by atoms with Crippen molar-refractivity contribution in [2.24, 2.45) is 46.3 Å². The molecule has 4 aliphatic carbocycles. The lowest BCUT2D eigenvalue weighted by Gasteiger charge is -2.58. The van der Waals surface area contributed by atoms with Crippen molar-refractivity contribution in [2.45, 2.75) is 92.1 Å². The minimum atomic E-state index is -0.0841.